The van der Waals surface area contributed by atoms with Crippen LogP contribution < -0.4 is 5.32 Å². The maximum absolute atomic E-state index is 3.61. The Morgan fingerprint density at radius 2 is 1.84 bits per heavy atom. The van der Waals surface area contributed by atoms with Gasteiger partial charge in [-0.15, -0.1) is 0 Å². The maximum atomic E-state index is 3.61. The van der Waals surface area contributed by atoms with Gasteiger partial charge in [0, 0.05) is 37.8 Å². The van der Waals surface area contributed by atoms with Gasteiger partial charge in [-0.3, -0.25) is 9.80 Å². The molecule has 2 heterocycles. The first-order valence-electron chi connectivity index (χ1n) is 8.42. The third kappa shape index (κ3) is 4.44. The Bertz CT molecular complexity index is 248. The predicted molar refractivity (Wildman–Crippen MR) is 82.6 cm³/mol. The van der Waals surface area contributed by atoms with Gasteiger partial charge in [0.2, 0.25) is 0 Å². The van der Waals surface area contributed by atoms with Crippen molar-refractivity contribution in [1.82, 2.24) is 15.1 Å². The van der Waals surface area contributed by atoms with Crippen LogP contribution in [0.3, 0.4) is 0 Å². The van der Waals surface area contributed by atoms with Gasteiger partial charge in [0.25, 0.3) is 0 Å². The average Bonchev–Trinajstić information content (AvgIpc) is 2.90. The summed E-state index contributed by atoms with van der Waals surface area (Å²) >= 11 is 0. The molecular weight excluding hydrogens is 234 g/mol. The number of likely N-dealkylation sites (tertiary alicyclic amines) is 2. The molecule has 19 heavy (non-hydrogen) atoms. The van der Waals surface area contributed by atoms with Crippen molar-refractivity contribution in [2.45, 2.75) is 71.0 Å². The molecule has 0 aliphatic carbocycles. The van der Waals surface area contributed by atoms with Crippen LogP contribution in [0.2, 0.25) is 0 Å². The third-order valence-electron chi connectivity index (χ3n) is 4.85. The third-order valence-corrected chi connectivity index (χ3v) is 4.85. The summed E-state index contributed by atoms with van der Waals surface area (Å²) in [5.74, 6) is 0. The fourth-order valence-corrected chi connectivity index (χ4v) is 3.58. The largest absolute Gasteiger partial charge is 0.313 e. The van der Waals surface area contributed by atoms with Crippen LogP contribution in [0.25, 0.3) is 0 Å². The summed E-state index contributed by atoms with van der Waals surface area (Å²) in [6, 6.07) is 2.18. The van der Waals surface area contributed by atoms with Crippen molar-refractivity contribution in [2.24, 2.45) is 0 Å². The minimum atomic E-state index is 0.606. The number of hydrogen-bond donors (Lipinski definition) is 1. The molecule has 3 heteroatoms. The molecule has 2 aliphatic heterocycles. The summed E-state index contributed by atoms with van der Waals surface area (Å²) in [5.41, 5.74) is 0. The molecule has 2 fully saturated rings. The van der Waals surface area contributed by atoms with Gasteiger partial charge in [-0.25, -0.2) is 0 Å². The highest BCUT2D eigenvalue weighted by Crippen LogP contribution is 2.22. The zero-order chi connectivity index (χ0) is 13.7. The van der Waals surface area contributed by atoms with Crippen LogP contribution in [0.15, 0.2) is 0 Å². The van der Waals surface area contributed by atoms with E-state index in [2.05, 4.69) is 35.9 Å². The van der Waals surface area contributed by atoms with Crippen LogP contribution in [-0.2, 0) is 0 Å². The standard InChI is InChI=1S/C16H33N3/c1-4-15(12-17-14(2)3)19-11-8-16(13-19)18-9-6-5-7-10-18/h14-17H,4-13H2,1-3H3. The minimum Gasteiger partial charge on any atom is -0.313 e. The topological polar surface area (TPSA) is 18.5 Å². The maximum Gasteiger partial charge on any atom is 0.0235 e. The first-order valence-corrected chi connectivity index (χ1v) is 8.42. The van der Waals surface area contributed by atoms with Crippen LogP contribution >= 0.6 is 0 Å². The van der Waals surface area contributed by atoms with Crippen LogP contribution in [0, 0.1) is 0 Å². The van der Waals surface area contributed by atoms with Crippen molar-refractivity contribution in [3.05, 3.63) is 0 Å². The zero-order valence-corrected chi connectivity index (χ0v) is 13.2. The summed E-state index contributed by atoms with van der Waals surface area (Å²) in [5, 5.41) is 3.61. The Hall–Kier alpha value is -0.120. The Morgan fingerprint density at radius 3 is 2.47 bits per heavy atom. The lowest BCUT2D eigenvalue weighted by Gasteiger charge is -2.33. The Labute approximate surface area is 119 Å². The van der Waals surface area contributed by atoms with Gasteiger partial charge >= 0.3 is 0 Å². The van der Waals surface area contributed by atoms with Gasteiger partial charge in [0.05, 0.1) is 0 Å². The molecule has 2 aliphatic rings. The van der Waals surface area contributed by atoms with Gasteiger partial charge in [0.15, 0.2) is 0 Å². The fourth-order valence-electron chi connectivity index (χ4n) is 3.58. The number of rotatable bonds is 6. The molecule has 0 radical (unpaired) electrons. The van der Waals surface area contributed by atoms with Gasteiger partial charge in [-0.1, -0.05) is 27.2 Å². The van der Waals surface area contributed by atoms with E-state index >= 15 is 0 Å². The van der Waals surface area contributed by atoms with E-state index in [1.807, 2.05) is 0 Å². The molecule has 2 saturated heterocycles. The summed E-state index contributed by atoms with van der Waals surface area (Å²) in [4.78, 5) is 5.49. The van der Waals surface area contributed by atoms with E-state index in [-0.39, 0.29) is 0 Å². The number of hydrogen-bond acceptors (Lipinski definition) is 3. The van der Waals surface area contributed by atoms with Crippen molar-refractivity contribution in [2.75, 3.05) is 32.7 Å². The van der Waals surface area contributed by atoms with Crippen LogP contribution in [-0.4, -0.2) is 60.6 Å². The van der Waals surface area contributed by atoms with Crippen molar-refractivity contribution < 1.29 is 0 Å². The molecule has 3 nitrogen and oxygen atoms in total. The van der Waals surface area contributed by atoms with E-state index in [4.69, 9.17) is 0 Å². The van der Waals surface area contributed by atoms with E-state index in [1.165, 1.54) is 58.3 Å². The smallest absolute Gasteiger partial charge is 0.0235 e. The lowest BCUT2D eigenvalue weighted by atomic mass is 10.1. The summed E-state index contributed by atoms with van der Waals surface area (Å²) in [6.45, 7) is 13.3. The fraction of sp³-hybridized carbons (Fsp3) is 1.00. The molecule has 0 saturated carbocycles. The molecule has 2 atom stereocenters. The molecular formula is C16H33N3. The molecule has 0 aromatic carbocycles. The highest BCUT2D eigenvalue weighted by atomic mass is 15.3. The molecule has 0 bridgehead atoms. The summed E-state index contributed by atoms with van der Waals surface area (Å²) in [6.07, 6.45) is 6.94. The van der Waals surface area contributed by atoms with Gasteiger partial charge in [-0.2, -0.15) is 0 Å². The molecule has 2 rings (SSSR count). The number of piperidine rings is 1. The zero-order valence-electron chi connectivity index (χ0n) is 13.2. The first-order chi connectivity index (χ1) is 9.20. The van der Waals surface area contributed by atoms with Crippen LogP contribution in [0.1, 0.15) is 52.9 Å². The molecule has 0 spiro atoms. The van der Waals surface area contributed by atoms with Crippen molar-refractivity contribution in [1.29, 1.82) is 0 Å². The lowest BCUT2D eigenvalue weighted by Crippen LogP contribution is -2.45. The quantitative estimate of drug-likeness (QED) is 0.797. The summed E-state index contributed by atoms with van der Waals surface area (Å²) < 4.78 is 0. The van der Waals surface area contributed by atoms with E-state index in [0.29, 0.717) is 6.04 Å². The first kappa shape index (κ1) is 15.3. The second-order valence-electron chi connectivity index (χ2n) is 6.66. The molecule has 0 aromatic rings. The van der Waals surface area contributed by atoms with E-state index < -0.39 is 0 Å². The van der Waals surface area contributed by atoms with Crippen molar-refractivity contribution >= 4 is 0 Å². The molecule has 0 aromatic heterocycles. The highest BCUT2D eigenvalue weighted by Gasteiger charge is 2.31. The molecule has 0 amide bonds. The monoisotopic (exact) mass is 267 g/mol. The summed E-state index contributed by atoms with van der Waals surface area (Å²) in [7, 11) is 0. The number of nitrogens with zero attached hydrogens (tertiary/aromatic N) is 2. The predicted octanol–water partition coefficient (Wildman–Crippen LogP) is 2.32. The molecule has 1 N–H and O–H groups in total. The van der Waals surface area contributed by atoms with Crippen LogP contribution in [0.5, 0.6) is 0 Å². The van der Waals surface area contributed by atoms with E-state index in [0.717, 1.165) is 18.6 Å². The van der Waals surface area contributed by atoms with Crippen molar-refractivity contribution in [3.8, 4) is 0 Å². The van der Waals surface area contributed by atoms with Gasteiger partial charge in [0.1, 0.15) is 0 Å². The Morgan fingerprint density at radius 1 is 1.11 bits per heavy atom. The van der Waals surface area contributed by atoms with Crippen LogP contribution in [0.4, 0.5) is 0 Å². The van der Waals surface area contributed by atoms with Gasteiger partial charge < -0.3 is 5.32 Å². The highest BCUT2D eigenvalue weighted by molar-refractivity contribution is 4.88. The normalized spacial score (nSPS) is 28.1. The van der Waals surface area contributed by atoms with E-state index in [9.17, 15) is 0 Å². The number of nitrogens with one attached hydrogen (secondary N) is 1. The van der Waals surface area contributed by atoms with Crippen molar-refractivity contribution in [3.63, 3.8) is 0 Å². The second kappa shape index (κ2) is 7.61. The molecule has 112 valence electrons. The Kier molecular flexibility index (Phi) is 6.11. The van der Waals surface area contributed by atoms with Gasteiger partial charge in [-0.05, 0) is 38.8 Å². The Balaban J connectivity index is 1.78. The molecule has 2 unspecified atom stereocenters. The SMILES string of the molecule is CCC(CNC(C)C)N1CCC(N2CCCCC2)C1. The lowest BCUT2D eigenvalue weighted by molar-refractivity contribution is 0.149. The second-order valence-corrected chi connectivity index (χ2v) is 6.66. The van der Waals surface area contributed by atoms with E-state index in [1.54, 1.807) is 0 Å². The minimum absolute atomic E-state index is 0.606. The average molecular weight is 267 g/mol.